The normalized spacial score (nSPS) is 19.2. The smallest absolute Gasteiger partial charge is 0.271 e. The van der Waals surface area contributed by atoms with Crippen molar-refractivity contribution < 1.29 is 9.72 Å². The fourth-order valence-electron chi connectivity index (χ4n) is 2.02. The van der Waals surface area contributed by atoms with Crippen molar-refractivity contribution in [1.82, 2.24) is 5.32 Å². The van der Waals surface area contributed by atoms with E-state index in [0.717, 1.165) is 19.4 Å². The van der Waals surface area contributed by atoms with Gasteiger partial charge in [-0.05, 0) is 25.5 Å². The Hall–Kier alpha value is -1.95. The van der Waals surface area contributed by atoms with Crippen LogP contribution in [0.3, 0.4) is 0 Å². The molecule has 0 aromatic heterocycles. The summed E-state index contributed by atoms with van der Waals surface area (Å²) in [6, 6.07) is 5.99. The number of hydrogen-bond acceptors (Lipinski definition) is 4. The highest BCUT2D eigenvalue weighted by Crippen LogP contribution is 2.19. The van der Waals surface area contributed by atoms with Gasteiger partial charge < -0.3 is 10.6 Å². The van der Waals surface area contributed by atoms with Crippen molar-refractivity contribution in [3.05, 3.63) is 34.4 Å². The molecular weight excluding hydrogens is 234 g/mol. The minimum Gasteiger partial charge on any atom is -0.326 e. The topological polar surface area (TPSA) is 84.3 Å². The zero-order valence-electron chi connectivity index (χ0n) is 9.89. The Labute approximate surface area is 105 Å². The van der Waals surface area contributed by atoms with Crippen LogP contribution in [0, 0.1) is 16.0 Å². The number of hydrogen-bond donors (Lipinski definition) is 2. The molecule has 6 heteroatoms. The lowest BCUT2D eigenvalue weighted by Crippen LogP contribution is -2.37. The molecule has 1 unspecified atom stereocenters. The maximum atomic E-state index is 11.9. The van der Waals surface area contributed by atoms with Crippen molar-refractivity contribution in [2.45, 2.75) is 12.8 Å². The molecular formula is C12H15N3O3. The fraction of sp³-hybridized carbons (Fsp3) is 0.417. The second kappa shape index (κ2) is 5.59. The van der Waals surface area contributed by atoms with Crippen LogP contribution in [-0.4, -0.2) is 23.9 Å². The van der Waals surface area contributed by atoms with Crippen LogP contribution in [-0.2, 0) is 4.79 Å². The van der Waals surface area contributed by atoms with Crippen molar-refractivity contribution in [2.24, 2.45) is 5.92 Å². The molecule has 1 aliphatic rings. The summed E-state index contributed by atoms with van der Waals surface area (Å²) in [7, 11) is 0. The van der Waals surface area contributed by atoms with E-state index in [2.05, 4.69) is 10.6 Å². The third-order valence-electron chi connectivity index (χ3n) is 2.99. The zero-order valence-corrected chi connectivity index (χ0v) is 9.89. The highest BCUT2D eigenvalue weighted by molar-refractivity contribution is 5.93. The molecule has 2 rings (SSSR count). The molecule has 18 heavy (non-hydrogen) atoms. The average molecular weight is 249 g/mol. The Morgan fingerprint density at radius 1 is 1.50 bits per heavy atom. The van der Waals surface area contributed by atoms with Gasteiger partial charge in [0.2, 0.25) is 5.91 Å². The Morgan fingerprint density at radius 2 is 2.33 bits per heavy atom. The quantitative estimate of drug-likeness (QED) is 0.628. The molecule has 0 saturated carbocycles. The number of nitrogens with one attached hydrogen (secondary N) is 2. The van der Waals surface area contributed by atoms with E-state index in [1.807, 2.05) is 0 Å². The van der Waals surface area contributed by atoms with Crippen LogP contribution < -0.4 is 10.6 Å². The SMILES string of the molecule is O=C(Nc1cccc([N+](=O)[O-])c1)C1CCCNC1. The van der Waals surface area contributed by atoms with E-state index in [9.17, 15) is 14.9 Å². The molecule has 6 nitrogen and oxygen atoms in total. The van der Waals surface area contributed by atoms with E-state index in [0.29, 0.717) is 12.2 Å². The molecule has 1 amide bonds. The first-order valence-corrected chi connectivity index (χ1v) is 5.93. The first-order chi connectivity index (χ1) is 8.66. The van der Waals surface area contributed by atoms with Crippen LogP contribution in [0.15, 0.2) is 24.3 Å². The molecule has 1 aromatic rings. The standard InChI is InChI=1S/C12H15N3O3/c16-12(9-3-2-6-13-8-9)14-10-4-1-5-11(7-10)15(17)18/h1,4-5,7,9,13H,2-3,6,8H2,(H,14,16). The van der Waals surface area contributed by atoms with Crippen LogP contribution >= 0.6 is 0 Å². The van der Waals surface area contributed by atoms with Crippen LogP contribution in [0.5, 0.6) is 0 Å². The third kappa shape index (κ3) is 3.04. The third-order valence-corrected chi connectivity index (χ3v) is 2.99. The van der Waals surface area contributed by atoms with E-state index in [1.54, 1.807) is 12.1 Å². The van der Waals surface area contributed by atoms with Crippen LogP contribution in [0.1, 0.15) is 12.8 Å². The highest BCUT2D eigenvalue weighted by Gasteiger charge is 2.21. The lowest BCUT2D eigenvalue weighted by molar-refractivity contribution is -0.384. The monoisotopic (exact) mass is 249 g/mol. The van der Waals surface area contributed by atoms with Crippen LogP contribution in [0.4, 0.5) is 11.4 Å². The molecule has 0 radical (unpaired) electrons. The van der Waals surface area contributed by atoms with E-state index in [1.165, 1.54) is 12.1 Å². The van der Waals surface area contributed by atoms with Gasteiger partial charge in [0.05, 0.1) is 10.8 Å². The summed E-state index contributed by atoms with van der Waals surface area (Å²) < 4.78 is 0. The van der Waals surface area contributed by atoms with Crippen molar-refractivity contribution >= 4 is 17.3 Å². The van der Waals surface area contributed by atoms with Crippen LogP contribution in [0.2, 0.25) is 0 Å². The van der Waals surface area contributed by atoms with Gasteiger partial charge in [-0.1, -0.05) is 6.07 Å². The summed E-state index contributed by atoms with van der Waals surface area (Å²) in [5.41, 5.74) is 0.453. The molecule has 0 bridgehead atoms. The number of carbonyl (C=O) groups is 1. The number of amides is 1. The number of rotatable bonds is 3. The van der Waals surface area contributed by atoms with Gasteiger partial charge in [-0.2, -0.15) is 0 Å². The summed E-state index contributed by atoms with van der Waals surface area (Å²) in [5.74, 6) is -0.138. The Morgan fingerprint density at radius 3 is 3.00 bits per heavy atom. The molecule has 1 saturated heterocycles. The number of nitro groups is 1. The van der Waals surface area contributed by atoms with Gasteiger partial charge in [0.1, 0.15) is 0 Å². The molecule has 1 fully saturated rings. The first-order valence-electron chi connectivity index (χ1n) is 5.93. The second-order valence-corrected chi connectivity index (χ2v) is 4.34. The summed E-state index contributed by atoms with van der Waals surface area (Å²) in [5, 5.41) is 16.5. The van der Waals surface area contributed by atoms with Crippen molar-refractivity contribution in [3.8, 4) is 0 Å². The number of anilines is 1. The molecule has 1 heterocycles. The van der Waals surface area contributed by atoms with Gasteiger partial charge >= 0.3 is 0 Å². The number of benzene rings is 1. The van der Waals surface area contributed by atoms with Gasteiger partial charge in [0, 0.05) is 24.4 Å². The minimum atomic E-state index is -0.474. The van der Waals surface area contributed by atoms with Gasteiger partial charge in [-0.25, -0.2) is 0 Å². The maximum absolute atomic E-state index is 11.9. The molecule has 1 aromatic carbocycles. The van der Waals surface area contributed by atoms with Gasteiger partial charge in [0.15, 0.2) is 0 Å². The largest absolute Gasteiger partial charge is 0.326 e. The summed E-state index contributed by atoms with van der Waals surface area (Å²) in [6.45, 7) is 1.61. The van der Waals surface area contributed by atoms with Crippen molar-refractivity contribution in [1.29, 1.82) is 0 Å². The Balaban J connectivity index is 2.02. The molecule has 2 N–H and O–H groups in total. The molecule has 0 spiro atoms. The summed E-state index contributed by atoms with van der Waals surface area (Å²) >= 11 is 0. The molecule has 96 valence electrons. The summed E-state index contributed by atoms with van der Waals surface area (Å²) in [6.07, 6.45) is 1.83. The molecule has 1 atom stereocenters. The summed E-state index contributed by atoms with van der Waals surface area (Å²) in [4.78, 5) is 22.1. The van der Waals surface area contributed by atoms with Crippen LogP contribution in [0.25, 0.3) is 0 Å². The number of piperidine rings is 1. The first kappa shape index (κ1) is 12.5. The molecule has 0 aliphatic carbocycles. The van der Waals surface area contributed by atoms with Crippen molar-refractivity contribution in [2.75, 3.05) is 18.4 Å². The van der Waals surface area contributed by atoms with E-state index >= 15 is 0 Å². The van der Waals surface area contributed by atoms with Gasteiger partial charge in [-0.3, -0.25) is 14.9 Å². The predicted octanol–water partition coefficient (Wildman–Crippen LogP) is 1.53. The van der Waals surface area contributed by atoms with E-state index in [-0.39, 0.29) is 17.5 Å². The Bertz CT molecular complexity index is 456. The Kier molecular flexibility index (Phi) is 3.88. The van der Waals surface area contributed by atoms with E-state index < -0.39 is 4.92 Å². The number of non-ortho nitro benzene ring substituents is 1. The number of nitro benzene ring substituents is 1. The van der Waals surface area contributed by atoms with Gasteiger partial charge in [0.25, 0.3) is 5.69 Å². The highest BCUT2D eigenvalue weighted by atomic mass is 16.6. The lowest BCUT2D eigenvalue weighted by atomic mass is 9.99. The number of carbonyl (C=O) groups excluding carboxylic acids is 1. The second-order valence-electron chi connectivity index (χ2n) is 4.34. The maximum Gasteiger partial charge on any atom is 0.271 e. The van der Waals surface area contributed by atoms with Gasteiger partial charge in [-0.15, -0.1) is 0 Å². The average Bonchev–Trinajstić information content (AvgIpc) is 2.40. The van der Waals surface area contributed by atoms with E-state index in [4.69, 9.17) is 0 Å². The predicted molar refractivity (Wildman–Crippen MR) is 67.3 cm³/mol. The zero-order chi connectivity index (χ0) is 13.0. The van der Waals surface area contributed by atoms with Crippen molar-refractivity contribution in [3.63, 3.8) is 0 Å². The lowest BCUT2D eigenvalue weighted by Gasteiger charge is -2.21. The fourth-order valence-corrected chi connectivity index (χ4v) is 2.02. The molecule has 1 aliphatic heterocycles. The minimum absolute atomic E-state index is 0.0189. The number of nitrogens with zero attached hydrogens (tertiary/aromatic N) is 1.